The molecule has 1 N–H and O–H groups in total. The van der Waals surface area contributed by atoms with Gasteiger partial charge in [-0.15, -0.1) is 0 Å². The molecule has 0 aliphatic carbocycles. The maximum Gasteiger partial charge on any atom is 0.331 e. The molecule has 30 heavy (non-hydrogen) atoms. The van der Waals surface area contributed by atoms with Gasteiger partial charge >= 0.3 is 5.97 Å². The van der Waals surface area contributed by atoms with E-state index in [0.29, 0.717) is 17.1 Å². The zero-order valence-corrected chi connectivity index (χ0v) is 17.5. The van der Waals surface area contributed by atoms with Crippen LogP contribution in [0.15, 0.2) is 48.5 Å². The predicted molar refractivity (Wildman–Crippen MR) is 116 cm³/mol. The molecule has 0 spiro atoms. The zero-order chi connectivity index (χ0) is 21.7. The van der Waals surface area contributed by atoms with Crippen LogP contribution >= 0.6 is 0 Å². The maximum atomic E-state index is 12.6. The van der Waals surface area contributed by atoms with Crippen molar-refractivity contribution in [3.63, 3.8) is 0 Å². The van der Waals surface area contributed by atoms with Gasteiger partial charge in [-0.25, -0.2) is 4.79 Å². The van der Waals surface area contributed by atoms with Crippen LogP contribution < -0.4 is 9.47 Å². The number of ketones is 1. The Morgan fingerprint density at radius 1 is 1.10 bits per heavy atom. The molecular formula is C24H25NO5. The number of rotatable bonds is 8. The van der Waals surface area contributed by atoms with Crippen molar-refractivity contribution < 1.29 is 23.8 Å². The van der Waals surface area contributed by atoms with Crippen LogP contribution in [0.3, 0.4) is 0 Å². The first-order valence-corrected chi connectivity index (χ1v) is 9.69. The number of fused-ring (bicyclic) bond motifs is 1. The second-order valence-electron chi connectivity index (χ2n) is 7.11. The van der Waals surface area contributed by atoms with Crippen molar-refractivity contribution in [1.29, 1.82) is 0 Å². The van der Waals surface area contributed by atoms with Gasteiger partial charge in [-0.1, -0.05) is 24.3 Å². The first-order chi connectivity index (χ1) is 14.4. The quantitative estimate of drug-likeness (QED) is 0.332. The summed E-state index contributed by atoms with van der Waals surface area (Å²) in [5, 5.41) is 0.822. The number of nitrogens with one attached hydrogen (secondary N) is 1. The highest BCUT2D eigenvalue weighted by molar-refractivity contribution is 6.10. The lowest BCUT2D eigenvalue weighted by Gasteiger charge is -2.13. The van der Waals surface area contributed by atoms with E-state index < -0.39 is 5.97 Å². The molecule has 0 saturated heterocycles. The Labute approximate surface area is 175 Å². The van der Waals surface area contributed by atoms with Gasteiger partial charge in [-0.05, 0) is 50.6 Å². The van der Waals surface area contributed by atoms with E-state index in [1.54, 1.807) is 25.3 Å². The molecule has 1 heterocycles. The number of methoxy groups -OCH3 is 1. The third-order valence-corrected chi connectivity index (χ3v) is 4.48. The van der Waals surface area contributed by atoms with Crippen LogP contribution in [0.5, 0.6) is 11.5 Å². The Bertz CT molecular complexity index is 1090. The summed E-state index contributed by atoms with van der Waals surface area (Å²) in [4.78, 5) is 27.8. The van der Waals surface area contributed by atoms with Gasteiger partial charge in [-0.2, -0.15) is 0 Å². The molecule has 0 aliphatic rings. The number of aryl methyl sites for hydroxylation is 1. The third-order valence-electron chi connectivity index (χ3n) is 4.48. The van der Waals surface area contributed by atoms with E-state index in [-0.39, 0.29) is 18.5 Å². The van der Waals surface area contributed by atoms with Gasteiger partial charge < -0.3 is 19.2 Å². The summed E-state index contributed by atoms with van der Waals surface area (Å²) in [6.07, 6.45) is 2.91. The normalized spacial score (nSPS) is 11.2. The van der Waals surface area contributed by atoms with Gasteiger partial charge in [-0.3, -0.25) is 4.79 Å². The Morgan fingerprint density at radius 3 is 2.60 bits per heavy atom. The average Bonchev–Trinajstić information content (AvgIpc) is 3.06. The summed E-state index contributed by atoms with van der Waals surface area (Å²) < 4.78 is 16.2. The molecule has 2 aromatic carbocycles. The summed E-state index contributed by atoms with van der Waals surface area (Å²) in [5.41, 5.74) is 2.93. The molecule has 0 radical (unpaired) electrons. The second kappa shape index (κ2) is 9.31. The molecule has 3 aromatic rings. The summed E-state index contributed by atoms with van der Waals surface area (Å²) in [6.45, 7) is 5.37. The molecule has 6 heteroatoms. The van der Waals surface area contributed by atoms with E-state index in [9.17, 15) is 9.59 Å². The summed E-state index contributed by atoms with van der Waals surface area (Å²) >= 11 is 0. The molecule has 1 aromatic heterocycles. The molecule has 156 valence electrons. The van der Waals surface area contributed by atoms with Crippen molar-refractivity contribution in [1.82, 2.24) is 4.98 Å². The predicted octanol–water partition coefficient (Wildman–Crippen LogP) is 4.71. The highest BCUT2D eigenvalue weighted by Crippen LogP contribution is 2.29. The van der Waals surface area contributed by atoms with Gasteiger partial charge in [0.15, 0.2) is 18.1 Å². The van der Waals surface area contributed by atoms with Crippen molar-refractivity contribution >= 4 is 28.7 Å². The molecule has 0 saturated carbocycles. The molecule has 3 rings (SSSR count). The van der Waals surface area contributed by atoms with E-state index in [2.05, 4.69) is 4.98 Å². The van der Waals surface area contributed by atoms with Crippen LogP contribution in [0.1, 0.15) is 35.5 Å². The van der Waals surface area contributed by atoms with Crippen LogP contribution in [0.2, 0.25) is 0 Å². The van der Waals surface area contributed by atoms with Crippen molar-refractivity contribution in [2.45, 2.75) is 26.9 Å². The fraction of sp³-hybridized carbons (Fsp3) is 0.250. The molecule has 0 amide bonds. The van der Waals surface area contributed by atoms with E-state index in [1.165, 1.54) is 6.08 Å². The van der Waals surface area contributed by atoms with Gasteiger partial charge in [0.1, 0.15) is 0 Å². The molecule has 0 atom stereocenters. The van der Waals surface area contributed by atoms with Crippen LogP contribution in [-0.2, 0) is 9.53 Å². The standard InChI is InChI=1S/C24H25NO5/c1-15(2)30-21-11-9-17(13-22(21)28-4)10-12-23(27)29-14-20(26)24-16(3)25-19-8-6-5-7-18(19)24/h5-13,15,25H,14H2,1-4H3/b12-10+. The number of aromatic nitrogens is 1. The number of aromatic amines is 1. The number of esters is 1. The van der Waals surface area contributed by atoms with Crippen molar-refractivity contribution in [3.8, 4) is 11.5 Å². The summed E-state index contributed by atoms with van der Waals surface area (Å²) in [5.74, 6) is 0.363. The lowest BCUT2D eigenvalue weighted by Crippen LogP contribution is -2.13. The fourth-order valence-corrected chi connectivity index (χ4v) is 3.20. The van der Waals surface area contributed by atoms with Crippen LogP contribution in [0.25, 0.3) is 17.0 Å². The number of H-pyrrole nitrogens is 1. The molecule has 6 nitrogen and oxygen atoms in total. The zero-order valence-electron chi connectivity index (χ0n) is 17.5. The van der Waals surface area contributed by atoms with Gasteiger partial charge in [0.25, 0.3) is 0 Å². The topological polar surface area (TPSA) is 77.6 Å². The largest absolute Gasteiger partial charge is 0.493 e. The monoisotopic (exact) mass is 407 g/mol. The Balaban J connectivity index is 1.63. The highest BCUT2D eigenvalue weighted by atomic mass is 16.5. The van der Waals surface area contributed by atoms with Crippen LogP contribution in [0, 0.1) is 6.92 Å². The fourth-order valence-electron chi connectivity index (χ4n) is 3.20. The molecule has 0 unspecified atom stereocenters. The van der Waals surface area contributed by atoms with Crippen molar-refractivity contribution in [2.75, 3.05) is 13.7 Å². The van der Waals surface area contributed by atoms with E-state index >= 15 is 0 Å². The number of benzene rings is 2. The Morgan fingerprint density at radius 2 is 1.87 bits per heavy atom. The number of ether oxygens (including phenoxy) is 3. The van der Waals surface area contributed by atoms with E-state index in [4.69, 9.17) is 14.2 Å². The van der Waals surface area contributed by atoms with E-state index in [0.717, 1.165) is 22.2 Å². The van der Waals surface area contributed by atoms with Crippen molar-refractivity contribution in [3.05, 3.63) is 65.4 Å². The molecule has 0 bridgehead atoms. The van der Waals surface area contributed by atoms with Gasteiger partial charge in [0, 0.05) is 28.2 Å². The molecule has 0 fully saturated rings. The number of hydrogen-bond acceptors (Lipinski definition) is 5. The highest BCUT2D eigenvalue weighted by Gasteiger charge is 2.17. The van der Waals surface area contributed by atoms with Gasteiger partial charge in [0.05, 0.1) is 13.2 Å². The average molecular weight is 407 g/mol. The van der Waals surface area contributed by atoms with Crippen LogP contribution in [0.4, 0.5) is 0 Å². The number of carbonyl (C=O) groups is 2. The first-order valence-electron chi connectivity index (χ1n) is 9.69. The summed E-state index contributed by atoms with van der Waals surface area (Å²) in [7, 11) is 1.56. The van der Waals surface area contributed by atoms with Gasteiger partial charge in [0.2, 0.25) is 5.78 Å². The lowest BCUT2D eigenvalue weighted by molar-refractivity contribution is -0.136. The minimum atomic E-state index is -0.595. The third kappa shape index (κ3) is 4.89. The Hall–Kier alpha value is -3.54. The smallest absolute Gasteiger partial charge is 0.331 e. The maximum absolute atomic E-state index is 12.6. The number of Topliss-reactive ketones (excluding diaryl/α,β-unsaturated/α-hetero) is 1. The minimum absolute atomic E-state index is 0.0218. The number of hydrogen-bond donors (Lipinski definition) is 1. The van der Waals surface area contributed by atoms with E-state index in [1.807, 2.05) is 51.1 Å². The molecular weight excluding hydrogens is 382 g/mol. The first kappa shape index (κ1) is 21.2. The molecule has 0 aliphatic heterocycles. The number of para-hydroxylation sites is 1. The Kier molecular flexibility index (Phi) is 6.57. The SMILES string of the molecule is COc1cc(/C=C/C(=O)OCC(=O)c2c(C)[nH]c3ccccc23)ccc1OC(C)C. The van der Waals surface area contributed by atoms with Crippen molar-refractivity contribution in [2.24, 2.45) is 0 Å². The minimum Gasteiger partial charge on any atom is -0.493 e. The lowest BCUT2D eigenvalue weighted by atomic mass is 10.1. The summed E-state index contributed by atoms with van der Waals surface area (Å²) in [6, 6.07) is 12.9. The number of carbonyl (C=O) groups excluding carboxylic acids is 2. The van der Waals surface area contributed by atoms with Crippen LogP contribution in [-0.4, -0.2) is 36.6 Å². The second-order valence-corrected chi connectivity index (χ2v) is 7.11.